The fraction of sp³-hybridized carbons (Fsp3) is 0.600. The van der Waals surface area contributed by atoms with Gasteiger partial charge in [-0.3, -0.25) is 0 Å². The first-order valence-corrected chi connectivity index (χ1v) is 7.81. The molecule has 1 atom stereocenters. The SMILES string of the molecule is Cc1ccc(OCC(O)CNCCCCCO)c(Br)c1. The van der Waals surface area contributed by atoms with Crippen LogP contribution in [0.3, 0.4) is 0 Å². The minimum absolute atomic E-state index is 0.252. The van der Waals surface area contributed by atoms with Crippen molar-refractivity contribution in [1.82, 2.24) is 5.32 Å². The largest absolute Gasteiger partial charge is 0.490 e. The summed E-state index contributed by atoms with van der Waals surface area (Å²) in [4.78, 5) is 0. The van der Waals surface area contributed by atoms with Gasteiger partial charge in [0.25, 0.3) is 0 Å². The van der Waals surface area contributed by atoms with Crippen LogP contribution in [0.2, 0.25) is 0 Å². The maximum Gasteiger partial charge on any atom is 0.133 e. The molecule has 114 valence electrons. The lowest BCUT2D eigenvalue weighted by molar-refractivity contribution is 0.106. The highest BCUT2D eigenvalue weighted by Crippen LogP contribution is 2.25. The summed E-state index contributed by atoms with van der Waals surface area (Å²) in [5.41, 5.74) is 1.16. The summed E-state index contributed by atoms with van der Waals surface area (Å²) in [5, 5.41) is 21.6. The predicted octanol–water partition coefficient (Wildman–Crippen LogP) is 2.25. The second-order valence-electron chi connectivity index (χ2n) is 4.89. The van der Waals surface area contributed by atoms with Gasteiger partial charge in [-0.25, -0.2) is 0 Å². The fourth-order valence-corrected chi connectivity index (χ4v) is 2.38. The average molecular weight is 346 g/mol. The summed E-state index contributed by atoms with van der Waals surface area (Å²) in [6.07, 6.45) is 2.33. The molecular weight excluding hydrogens is 322 g/mol. The van der Waals surface area contributed by atoms with Crippen LogP contribution in [0, 0.1) is 6.92 Å². The average Bonchev–Trinajstić information content (AvgIpc) is 2.41. The molecule has 1 aromatic carbocycles. The van der Waals surface area contributed by atoms with E-state index in [4.69, 9.17) is 9.84 Å². The van der Waals surface area contributed by atoms with E-state index in [9.17, 15) is 5.11 Å². The van der Waals surface area contributed by atoms with Crippen LogP contribution in [0.15, 0.2) is 22.7 Å². The van der Waals surface area contributed by atoms with E-state index in [-0.39, 0.29) is 13.2 Å². The van der Waals surface area contributed by atoms with Gasteiger partial charge >= 0.3 is 0 Å². The quantitative estimate of drug-likeness (QED) is 0.569. The molecule has 0 amide bonds. The van der Waals surface area contributed by atoms with Crippen LogP contribution in [0.25, 0.3) is 0 Å². The Morgan fingerprint density at radius 1 is 1.30 bits per heavy atom. The number of ether oxygens (including phenoxy) is 1. The standard InChI is InChI=1S/C15H24BrNO3/c1-12-5-6-15(14(16)9-12)20-11-13(19)10-17-7-3-2-4-8-18/h5-6,9,13,17-19H,2-4,7-8,10-11H2,1H3. The Kier molecular flexibility index (Phi) is 8.85. The van der Waals surface area contributed by atoms with Gasteiger partial charge in [0.05, 0.1) is 4.47 Å². The smallest absolute Gasteiger partial charge is 0.133 e. The number of aliphatic hydroxyl groups excluding tert-OH is 2. The number of unbranched alkanes of at least 4 members (excludes halogenated alkanes) is 2. The van der Waals surface area contributed by atoms with E-state index >= 15 is 0 Å². The third-order valence-corrected chi connectivity index (χ3v) is 3.53. The molecular formula is C15H24BrNO3. The molecule has 0 saturated carbocycles. The number of aryl methyl sites for hydroxylation is 1. The second kappa shape index (κ2) is 10.2. The molecule has 0 radical (unpaired) electrons. The van der Waals surface area contributed by atoms with Crippen LogP contribution in [0.1, 0.15) is 24.8 Å². The van der Waals surface area contributed by atoms with E-state index in [2.05, 4.69) is 21.2 Å². The maximum atomic E-state index is 9.82. The Balaban J connectivity index is 2.14. The number of benzene rings is 1. The van der Waals surface area contributed by atoms with Crippen molar-refractivity contribution in [2.24, 2.45) is 0 Å². The molecule has 4 nitrogen and oxygen atoms in total. The Labute approximate surface area is 129 Å². The van der Waals surface area contributed by atoms with Gasteiger partial charge in [-0.15, -0.1) is 0 Å². The summed E-state index contributed by atoms with van der Waals surface area (Å²) in [7, 11) is 0. The van der Waals surface area contributed by atoms with Gasteiger partial charge in [0, 0.05) is 13.2 Å². The van der Waals surface area contributed by atoms with E-state index in [0.29, 0.717) is 6.54 Å². The Morgan fingerprint density at radius 2 is 2.10 bits per heavy atom. The molecule has 0 aliphatic carbocycles. The fourth-order valence-electron chi connectivity index (χ4n) is 1.78. The highest BCUT2D eigenvalue weighted by atomic mass is 79.9. The first-order chi connectivity index (χ1) is 9.63. The molecule has 20 heavy (non-hydrogen) atoms. The summed E-state index contributed by atoms with van der Waals surface area (Å²) < 4.78 is 6.48. The van der Waals surface area contributed by atoms with Crippen LogP contribution in [0.5, 0.6) is 5.75 Å². The molecule has 3 N–H and O–H groups in total. The van der Waals surface area contributed by atoms with Crippen molar-refractivity contribution in [2.75, 3.05) is 26.3 Å². The second-order valence-corrected chi connectivity index (χ2v) is 5.74. The van der Waals surface area contributed by atoms with E-state index in [0.717, 1.165) is 41.6 Å². The van der Waals surface area contributed by atoms with Crippen molar-refractivity contribution in [3.05, 3.63) is 28.2 Å². The zero-order chi connectivity index (χ0) is 14.8. The van der Waals surface area contributed by atoms with Crippen molar-refractivity contribution in [3.8, 4) is 5.75 Å². The van der Waals surface area contributed by atoms with Crippen molar-refractivity contribution in [1.29, 1.82) is 0 Å². The van der Waals surface area contributed by atoms with Crippen LogP contribution in [-0.2, 0) is 0 Å². The van der Waals surface area contributed by atoms with Crippen LogP contribution in [0.4, 0.5) is 0 Å². The molecule has 1 rings (SSSR count). The molecule has 0 saturated heterocycles. The lowest BCUT2D eigenvalue weighted by atomic mass is 10.2. The lowest BCUT2D eigenvalue weighted by Gasteiger charge is -2.14. The zero-order valence-corrected chi connectivity index (χ0v) is 13.5. The van der Waals surface area contributed by atoms with Gasteiger partial charge in [-0.05, 0) is 66.4 Å². The molecule has 0 aliphatic heterocycles. The van der Waals surface area contributed by atoms with Crippen LogP contribution >= 0.6 is 15.9 Å². The minimum Gasteiger partial charge on any atom is -0.490 e. The third-order valence-electron chi connectivity index (χ3n) is 2.91. The van der Waals surface area contributed by atoms with Crippen molar-refractivity contribution in [2.45, 2.75) is 32.3 Å². The molecule has 0 heterocycles. The minimum atomic E-state index is -0.527. The van der Waals surface area contributed by atoms with Gasteiger partial charge in [-0.1, -0.05) is 6.07 Å². The van der Waals surface area contributed by atoms with E-state index < -0.39 is 6.10 Å². The van der Waals surface area contributed by atoms with Crippen molar-refractivity contribution < 1.29 is 14.9 Å². The van der Waals surface area contributed by atoms with Gasteiger partial charge in [0.15, 0.2) is 0 Å². The number of halogens is 1. The Hall–Kier alpha value is -0.620. The molecule has 1 unspecified atom stereocenters. The summed E-state index contributed by atoms with van der Waals surface area (Å²) in [6, 6.07) is 5.86. The molecule has 0 spiro atoms. The summed E-state index contributed by atoms with van der Waals surface area (Å²) in [6.45, 7) is 3.91. The van der Waals surface area contributed by atoms with Crippen molar-refractivity contribution >= 4 is 15.9 Å². The first kappa shape index (κ1) is 17.4. The van der Waals surface area contributed by atoms with E-state index in [1.807, 2.05) is 25.1 Å². The Bertz CT molecular complexity index is 387. The van der Waals surface area contributed by atoms with Gasteiger partial charge in [0.1, 0.15) is 18.5 Å². The van der Waals surface area contributed by atoms with E-state index in [1.165, 1.54) is 0 Å². The van der Waals surface area contributed by atoms with Crippen LogP contribution in [-0.4, -0.2) is 42.6 Å². The predicted molar refractivity (Wildman–Crippen MR) is 84.2 cm³/mol. The van der Waals surface area contributed by atoms with Crippen LogP contribution < -0.4 is 10.1 Å². The number of hydrogen-bond acceptors (Lipinski definition) is 4. The van der Waals surface area contributed by atoms with E-state index in [1.54, 1.807) is 0 Å². The molecule has 0 aromatic heterocycles. The maximum absolute atomic E-state index is 9.82. The zero-order valence-electron chi connectivity index (χ0n) is 11.9. The molecule has 0 aliphatic rings. The number of aliphatic hydroxyl groups is 2. The summed E-state index contributed by atoms with van der Waals surface area (Å²) in [5.74, 6) is 0.748. The highest BCUT2D eigenvalue weighted by molar-refractivity contribution is 9.10. The molecule has 1 aromatic rings. The van der Waals surface area contributed by atoms with Gasteiger partial charge in [-0.2, -0.15) is 0 Å². The number of nitrogens with one attached hydrogen (secondary N) is 1. The third kappa shape index (κ3) is 7.24. The summed E-state index contributed by atoms with van der Waals surface area (Å²) >= 11 is 3.44. The van der Waals surface area contributed by atoms with Gasteiger partial charge in [0.2, 0.25) is 0 Å². The number of hydrogen-bond donors (Lipinski definition) is 3. The van der Waals surface area contributed by atoms with Gasteiger partial charge < -0.3 is 20.3 Å². The molecule has 5 heteroatoms. The normalized spacial score (nSPS) is 12.4. The number of rotatable bonds is 10. The highest BCUT2D eigenvalue weighted by Gasteiger charge is 2.07. The first-order valence-electron chi connectivity index (χ1n) is 7.02. The molecule has 0 fully saturated rings. The van der Waals surface area contributed by atoms with Crippen molar-refractivity contribution in [3.63, 3.8) is 0 Å². The monoisotopic (exact) mass is 345 g/mol. The Morgan fingerprint density at radius 3 is 2.80 bits per heavy atom. The topological polar surface area (TPSA) is 61.7 Å². The lowest BCUT2D eigenvalue weighted by Crippen LogP contribution is -2.32. The molecule has 0 bridgehead atoms.